The van der Waals surface area contributed by atoms with Crippen molar-refractivity contribution in [1.82, 2.24) is 20.0 Å². The summed E-state index contributed by atoms with van der Waals surface area (Å²) in [6, 6.07) is 18.5. The molecule has 1 atom stereocenters. The second-order valence-electron chi connectivity index (χ2n) is 8.19. The van der Waals surface area contributed by atoms with E-state index in [-0.39, 0.29) is 18.3 Å². The summed E-state index contributed by atoms with van der Waals surface area (Å²) in [5, 5.41) is 15.1. The third-order valence-corrected chi connectivity index (χ3v) is 5.50. The molecular formula is C25H22N4O4. The predicted octanol–water partition coefficient (Wildman–Crippen LogP) is 3.57. The van der Waals surface area contributed by atoms with E-state index < -0.39 is 5.60 Å². The number of fused-ring (bicyclic) bond motifs is 1. The molecule has 3 heterocycles. The van der Waals surface area contributed by atoms with Crippen LogP contribution in [0.15, 0.2) is 77.6 Å². The summed E-state index contributed by atoms with van der Waals surface area (Å²) in [6.45, 7) is 2.42. The molecule has 4 aromatic rings. The second-order valence-corrected chi connectivity index (χ2v) is 8.19. The molecule has 0 bridgehead atoms. The minimum Gasteiger partial charge on any atom is -0.489 e. The molecule has 1 aliphatic rings. The summed E-state index contributed by atoms with van der Waals surface area (Å²) in [7, 11) is 0. The number of benzene rings is 2. The standard InChI is InChI=1S/C25H22N4O4/c1-25(31,16-29-14-19-7-2-3-10-21(19)23(29)30)24-27-22(28-33-24)18-8-4-9-20(12-18)32-15-17-6-5-11-26-13-17/h2-13,31H,14-16H2,1H3/t25-/m0/s1. The largest absolute Gasteiger partial charge is 0.489 e. The van der Waals surface area contributed by atoms with Crippen molar-refractivity contribution in [2.75, 3.05) is 6.54 Å². The molecule has 1 N–H and O–H groups in total. The van der Waals surface area contributed by atoms with Gasteiger partial charge in [-0.2, -0.15) is 4.98 Å². The molecule has 0 spiro atoms. The van der Waals surface area contributed by atoms with E-state index in [0.717, 1.165) is 11.1 Å². The van der Waals surface area contributed by atoms with Gasteiger partial charge < -0.3 is 19.3 Å². The van der Waals surface area contributed by atoms with Crippen LogP contribution < -0.4 is 4.74 Å². The molecule has 0 unspecified atom stereocenters. The van der Waals surface area contributed by atoms with Crippen LogP contribution in [0.1, 0.15) is 34.3 Å². The molecule has 1 aliphatic heterocycles. The van der Waals surface area contributed by atoms with Crippen molar-refractivity contribution in [3.63, 3.8) is 0 Å². The maximum Gasteiger partial charge on any atom is 0.260 e. The lowest BCUT2D eigenvalue weighted by atomic mass is 10.1. The number of rotatable bonds is 7. The highest BCUT2D eigenvalue weighted by molar-refractivity contribution is 5.98. The zero-order valence-electron chi connectivity index (χ0n) is 18.0. The highest BCUT2D eigenvalue weighted by atomic mass is 16.5. The van der Waals surface area contributed by atoms with Gasteiger partial charge in [-0.1, -0.05) is 41.6 Å². The summed E-state index contributed by atoms with van der Waals surface area (Å²) < 4.78 is 11.2. The lowest BCUT2D eigenvalue weighted by Crippen LogP contribution is -2.39. The topological polar surface area (TPSA) is 102 Å². The zero-order chi connectivity index (χ0) is 22.8. The predicted molar refractivity (Wildman–Crippen MR) is 119 cm³/mol. The Hall–Kier alpha value is -4.04. The fourth-order valence-electron chi connectivity index (χ4n) is 3.82. The van der Waals surface area contributed by atoms with Crippen LogP contribution in [-0.4, -0.2) is 37.6 Å². The molecule has 2 aromatic heterocycles. The van der Waals surface area contributed by atoms with E-state index in [2.05, 4.69) is 15.1 Å². The molecule has 166 valence electrons. The smallest absolute Gasteiger partial charge is 0.260 e. The SMILES string of the molecule is C[C@](O)(CN1Cc2ccccc2C1=O)c1nc(-c2cccc(OCc3cccnc3)c2)no1. The van der Waals surface area contributed by atoms with Crippen LogP contribution in [0.3, 0.4) is 0 Å². The van der Waals surface area contributed by atoms with E-state index in [9.17, 15) is 9.90 Å². The van der Waals surface area contributed by atoms with Gasteiger partial charge in [0.1, 0.15) is 12.4 Å². The number of β-amino-alcohol motifs (C(OH)–C–C–N with tert-alkyl or cyclic N) is 1. The minimum absolute atomic E-state index is 0.0381. The van der Waals surface area contributed by atoms with Gasteiger partial charge >= 0.3 is 0 Å². The quantitative estimate of drug-likeness (QED) is 0.467. The van der Waals surface area contributed by atoms with Crippen LogP contribution in [0.4, 0.5) is 0 Å². The van der Waals surface area contributed by atoms with E-state index in [1.165, 1.54) is 0 Å². The number of pyridine rings is 1. The lowest BCUT2D eigenvalue weighted by molar-refractivity contribution is -0.00754. The van der Waals surface area contributed by atoms with Crippen LogP contribution in [0.5, 0.6) is 5.75 Å². The van der Waals surface area contributed by atoms with Crippen LogP contribution in [0.2, 0.25) is 0 Å². The van der Waals surface area contributed by atoms with E-state index >= 15 is 0 Å². The van der Waals surface area contributed by atoms with Crippen molar-refractivity contribution in [1.29, 1.82) is 0 Å². The number of hydrogen-bond donors (Lipinski definition) is 1. The van der Waals surface area contributed by atoms with Gasteiger partial charge in [0.25, 0.3) is 11.8 Å². The monoisotopic (exact) mass is 442 g/mol. The Morgan fingerprint density at radius 3 is 2.85 bits per heavy atom. The first kappa shape index (κ1) is 20.8. The van der Waals surface area contributed by atoms with Crippen molar-refractivity contribution in [3.05, 3.63) is 95.6 Å². The average molecular weight is 442 g/mol. The fraction of sp³-hybridized carbons (Fsp3) is 0.200. The lowest BCUT2D eigenvalue weighted by Gasteiger charge is -2.25. The maximum atomic E-state index is 12.7. The molecule has 8 heteroatoms. The second kappa shape index (κ2) is 8.48. The molecule has 0 saturated heterocycles. The highest BCUT2D eigenvalue weighted by Crippen LogP contribution is 2.29. The zero-order valence-corrected chi connectivity index (χ0v) is 18.0. The first-order valence-corrected chi connectivity index (χ1v) is 10.6. The number of aliphatic hydroxyl groups is 1. The Balaban J connectivity index is 1.29. The summed E-state index contributed by atoms with van der Waals surface area (Å²) in [4.78, 5) is 22.7. The van der Waals surface area contributed by atoms with Gasteiger partial charge in [0.15, 0.2) is 5.60 Å². The number of nitrogens with zero attached hydrogens (tertiary/aromatic N) is 4. The molecule has 5 rings (SSSR count). The summed E-state index contributed by atoms with van der Waals surface area (Å²) in [6.07, 6.45) is 3.46. The van der Waals surface area contributed by atoms with Gasteiger partial charge in [0, 0.05) is 35.6 Å². The van der Waals surface area contributed by atoms with Gasteiger partial charge in [-0.25, -0.2) is 0 Å². The third kappa shape index (κ3) is 4.33. The minimum atomic E-state index is -1.50. The molecular weight excluding hydrogens is 420 g/mol. The molecule has 33 heavy (non-hydrogen) atoms. The Kier molecular flexibility index (Phi) is 5.35. The van der Waals surface area contributed by atoms with Gasteiger partial charge in [-0.05, 0) is 36.8 Å². The number of carbonyl (C=O) groups is 1. The summed E-state index contributed by atoms with van der Waals surface area (Å²) in [5.74, 6) is 0.898. The van der Waals surface area contributed by atoms with E-state index in [4.69, 9.17) is 9.26 Å². The molecule has 0 saturated carbocycles. The van der Waals surface area contributed by atoms with Crippen molar-refractivity contribution in [2.24, 2.45) is 0 Å². The van der Waals surface area contributed by atoms with E-state index in [1.54, 1.807) is 36.4 Å². The van der Waals surface area contributed by atoms with Gasteiger partial charge in [0.05, 0.1) is 6.54 Å². The average Bonchev–Trinajstić information content (AvgIpc) is 3.45. The Morgan fingerprint density at radius 2 is 2.03 bits per heavy atom. The Morgan fingerprint density at radius 1 is 1.15 bits per heavy atom. The molecule has 0 fully saturated rings. The van der Waals surface area contributed by atoms with Crippen molar-refractivity contribution < 1.29 is 19.2 Å². The number of aromatic nitrogens is 3. The molecule has 2 aromatic carbocycles. The first-order chi connectivity index (χ1) is 16.0. The van der Waals surface area contributed by atoms with Crippen molar-refractivity contribution in [2.45, 2.75) is 25.7 Å². The summed E-state index contributed by atoms with van der Waals surface area (Å²) >= 11 is 0. The fourth-order valence-corrected chi connectivity index (χ4v) is 3.82. The van der Waals surface area contributed by atoms with Gasteiger partial charge in [-0.3, -0.25) is 9.78 Å². The molecule has 1 amide bonds. The maximum absolute atomic E-state index is 12.7. The normalized spacial score (nSPS) is 14.7. The molecule has 0 radical (unpaired) electrons. The summed E-state index contributed by atoms with van der Waals surface area (Å²) in [5.41, 5.74) is 1.74. The molecule has 8 nitrogen and oxygen atoms in total. The number of hydrogen-bond acceptors (Lipinski definition) is 7. The van der Waals surface area contributed by atoms with Crippen molar-refractivity contribution in [3.8, 4) is 17.1 Å². The Bertz CT molecular complexity index is 1290. The number of carbonyl (C=O) groups excluding carboxylic acids is 1. The highest BCUT2D eigenvalue weighted by Gasteiger charge is 2.37. The number of ether oxygens (including phenoxy) is 1. The third-order valence-electron chi connectivity index (χ3n) is 5.50. The van der Waals surface area contributed by atoms with Crippen LogP contribution in [-0.2, 0) is 18.8 Å². The van der Waals surface area contributed by atoms with Crippen LogP contribution in [0, 0.1) is 0 Å². The van der Waals surface area contributed by atoms with E-state index in [0.29, 0.717) is 35.9 Å². The van der Waals surface area contributed by atoms with E-state index in [1.807, 2.05) is 48.5 Å². The Labute approximate surface area is 190 Å². The first-order valence-electron chi connectivity index (χ1n) is 10.6. The van der Waals surface area contributed by atoms with Crippen LogP contribution >= 0.6 is 0 Å². The van der Waals surface area contributed by atoms with Gasteiger partial charge in [-0.15, -0.1) is 0 Å². The van der Waals surface area contributed by atoms with Crippen molar-refractivity contribution >= 4 is 5.91 Å². The van der Waals surface area contributed by atoms with Gasteiger partial charge in [0.2, 0.25) is 5.82 Å². The number of amides is 1. The molecule has 0 aliphatic carbocycles. The van der Waals surface area contributed by atoms with Crippen LogP contribution in [0.25, 0.3) is 11.4 Å².